The minimum Gasteiger partial charge on any atom is -0.478 e. The average molecular weight is 217 g/mol. The molecule has 1 aliphatic heterocycles. The number of hydrogen-bond acceptors (Lipinski definition) is 5. The zero-order chi connectivity index (χ0) is 11.3. The molecular formula is C10H11N5O. The molecule has 2 aromatic rings. The lowest BCUT2D eigenvalue weighted by molar-refractivity contribution is 0.0854. The summed E-state index contributed by atoms with van der Waals surface area (Å²) in [6.45, 7) is 3.85. The van der Waals surface area contributed by atoms with Gasteiger partial charge in [-0.3, -0.25) is 0 Å². The van der Waals surface area contributed by atoms with E-state index >= 15 is 0 Å². The van der Waals surface area contributed by atoms with Gasteiger partial charge < -0.3 is 10.5 Å². The molecule has 1 aliphatic rings. The first-order valence-corrected chi connectivity index (χ1v) is 4.96. The third-order valence-electron chi connectivity index (χ3n) is 2.58. The van der Waals surface area contributed by atoms with E-state index in [1.54, 1.807) is 16.8 Å². The Balaban J connectivity index is 2.31. The van der Waals surface area contributed by atoms with Crippen LogP contribution in [0.25, 0.3) is 5.69 Å². The molecule has 0 atom stereocenters. The maximum absolute atomic E-state index is 5.84. The highest BCUT2D eigenvalue weighted by atomic mass is 16.5. The second kappa shape index (κ2) is 2.72. The zero-order valence-corrected chi connectivity index (χ0v) is 9.01. The number of fused-ring (bicyclic) bond motifs is 3. The van der Waals surface area contributed by atoms with Crippen molar-refractivity contribution in [1.29, 1.82) is 0 Å². The van der Waals surface area contributed by atoms with E-state index in [0.717, 1.165) is 11.4 Å². The summed E-state index contributed by atoms with van der Waals surface area (Å²) in [5.41, 5.74) is 6.64. The van der Waals surface area contributed by atoms with Crippen molar-refractivity contribution in [3.8, 4) is 11.4 Å². The average Bonchev–Trinajstić information content (AvgIpc) is 2.69. The molecule has 0 aliphatic carbocycles. The maximum Gasteiger partial charge on any atom is 0.199 e. The standard InChI is InChI=1S/C10H11N5O/c1-10(2)9-12-13-14-15(9)7-5-6(11)3-4-8(7)16-10/h3-5H,11H2,1-2H3. The van der Waals surface area contributed by atoms with Gasteiger partial charge >= 0.3 is 0 Å². The fourth-order valence-corrected chi connectivity index (χ4v) is 1.83. The lowest BCUT2D eigenvalue weighted by Gasteiger charge is -2.30. The van der Waals surface area contributed by atoms with E-state index in [4.69, 9.17) is 10.5 Å². The number of nitrogens with zero attached hydrogens (tertiary/aromatic N) is 4. The summed E-state index contributed by atoms with van der Waals surface area (Å²) in [4.78, 5) is 0. The molecule has 2 heterocycles. The van der Waals surface area contributed by atoms with Crippen LogP contribution >= 0.6 is 0 Å². The molecular weight excluding hydrogens is 206 g/mol. The third kappa shape index (κ3) is 1.09. The van der Waals surface area contributed by atoms with Crippen LogP contribution in [0.2, 0.25) is 0 Å². The minimum atomic E-state index is -0.535. The SMILES string of the molecule is CC1(C)Oc2ccc(N)cc2-n2nnnc21. The fourth-order valence-electron chi connectivity index (χ4n) is 1.83. The Labute approximate surface area is 92.0 Å². The zero-order valence-electron chi connectivity index (χ0n) is 9.01. The fraction of sp³-hybridized carbons (Fsp3) is 0.300. The number of aromatic nitrogens is 4. The van der Waals surface area contributed by atoms with Crippen molar-refractivity contribution in [3.05, 3.63) is 24.0 Å². The van der Waals surface area contributed by atoms with Crippen LogP contribution in [0.15, 0.2) is 18.2 Å². The molecule has 3 rings (SSSR count). The summed E-state index contributed by atoms with van der Waals surface area (Å²) in [6.07, 6.45) is 0. The van der Waals surface area contributed by atoms with Crippen LogP contribution in [-0.4, -0.2) is 20.2 Å². The quantitative estimate of drug-likeness (QED) is 0.662. The van der Waals surface area contributed by atoms with E-state index in [1.165, 1.54) is 0 Å². The van der Waals surface area contributed by atoms with Crippen LogP contribution in [0.5, 0.6) is 5.75 Å². The molecule has 0 radical (unpaired) electrons. The lowest BCUT2D eigenvalue weighted by Crippen LogP contribution is -2.33. The van der Waals surface area contributed by atoms with Gasteiger partial charge in [-0.2, -0.15) is 4.68 Å². The molecule has 1 aromatic carbocycles. The lowest BCUT2D eigenvalue weighted by atomic mass is 10.1. The first kappa shape index (κ1) is 9.14. The van der Waals surface area contributed by atoms with E-state index in [0.29, 0.717) is 11.5 Å². The van der Waals surface area contributed by atoms with Crippen LogP contribution < -0.4 is 10.5 Å². The van der Waals surface area contributed by atoms with Gasteiger partial charge in [-0.05, 0) is 42.5 Å². The predicted molar refractivity (Wildman–Crippen MR) is 57.2 cm³/mol. The molecule has 6 nitrogen and oxygen atoms in total. The van der Waals surface area contributed by atoms with Crippen molar-refractivity contribution in [2.75, 3.05) is 5.73 Å². The highest BCUT2D eigenvalue weighted by Gasteiger charge is 2.36. The Hall–Kier alpha value is -2.11. The molecule has 82 valence electrons. The monoisotopic (exact) mass is 217 g/mol. The first-order valence-electron chi connectivity index (χ1n) is 4.96. The number of anilines is 1. The van der Waals surface area contributed by atoms with Gasteiger partial charge in [0.1, 0.15) is 11.4 Å². The molecule has 0 saturated heterocycles. The number of benzene rings is 1. The molecule has 0 fully saturated rings. The Morgan fingerprint density at radius 3 is 3.00 bits per heavy atom. The van der Waals surface area contributed by atoms with E-state index in [2.05, 4.69) is 15.5 Å². The normalized spacial score (nSPS) is 16.1. The minimum absolute atomic E-state index is 0.535. The number of tetrazole rings is 1. The van der Waals surface area contributed by atoms with Crippen molar-refractivity contribution in [2.24, 2.45) is 0 Å². The molecule has 0 bridgehead atoms. The van der Waals surface area contributed by atoms with Gasteiger partial charge in [0.2, 0.25) is 0 Å². The molecule has 16 heavy (non-hydrogen) atoms. The topological polar surface area (TPSA) is 78.9 Å². The second-order valence-corrected chi connectivity index (χ2v) is 4.25. The number of rotatable bonds is 0. The van der Waals surface area contributed by atoms with Crippen LogP contribution in [0.3, 0.4) is 0 Å². The Kier molecular flexibility index (Phi) is 1.55. The summed E-state index contributed by atoms with van der Waals surface area (Å²) < 4.78 is 7.50. The molecule has 2 N–H and O–H groups in total. The van der Waals surface area contributed by atoms with Gasteiger partial charge in [-0.15, -0.1) is 5.10 Å². The summed E-state index contributed by atoms with van der Waals surface area (Å²) in [7, 11) is 0. The highest BCUT2D eigenvalue weighted by Crippen LogP contribution is 2.37. The van der Waals surface area contributed by atoms with E-state index in [9.17, 15) is 0 Å². The van der Waals surface area contributed by atoms with Gasteiger partial charge in [0, 0.05) is 5.69 Å². The maximum atomic E-state index is 5.84. The van der Waals surface area contributed by atoms with E-state index in [-0.39, 0.29) is 0 Å². The molecule has 0 unspecified atom stereocenters. The molecule has 0 spiro atoms. The number of ether oxygens (including phenoxy) is 1. The number of hydrogen-bond donors (Lipinski definition) is 1. The number of nitrogen functional groups attached to an aromatic ring is 1. The van der Waals surface area contributed by atoms with Crippen molar-refractivity contribution < 1.29 is 4.74 Å². The molecule has 6 heteroatoms. The van der Waals surface area contributed by atoms with Gasteiger partial charge in [-0.1, -0.05) is 0 Å². The Bertz CT molecular complexity index is 560. The van der Waals surface area contributed by atoms with Crippen molar-refractivity contribution in [3.63, 3.8) is 0 Å². The van der Waals surface area contributed by atoms with Crippen molar-refractivity contribution in [2.45, 2.75) is 19.4 Å². The summed E-state index contributed by atoms with van der Waals surface area (Å²) in [5, 5.41) is 11.6. The van der Waals surface area contributed by atoms with Crippen LogP contribution in [0.4, 0.5) is 5.69 Å². The first-order chi connectivity index (χ1) is 7.58. The Morgan fingerprint density at radius 1 is 1.38 bits per heavy atom. The number of nitrogens with two attached hydrogens (primary N) is 1. The predicted octanol–water partition coefficient (Wildman–Crippen LogP) is 0.872. The van der Waals surface area contributed by atoms with E-state index < -0.39 is 5.60 Å². The molecule has 0 saturated carbocycles. The second-order valence-electron chi connectivity index (χ2n) is 4.25. The molecule has 0 amide bonds. The summed E-state index contributed by atoms with van der Waals surface area (Å²) >= 11 is 0. The molecule has 1 aromatic heterocycles. The van der Waals surface area contributed by atoms with Crippen LogP contribution in [0, 0.1) is 0 Å². The summed E-state index contributed by atoms with van der Waals surface area (Å²) in [6, 6.07) is 5.42. The van der Waals surface area contributed by atoms with E-state index in [1.807, 2.05) is 19.9 Å². The van der Waals surface area contributed by atoms with Gasteiger partial charge in [-0.25, -0.2) is 0 Å². The highest BCUT2D eigenvalue weighted by molar-refractivity contribution is 5.57. The third-order valence-corrected chi connectivity index (χ3v) is 2.58. The van der Waals surface area contributed by atoms with Crippen molar-refractivity contribution >= 4 is 5.69 Å². The van der Waals surface area contributed by atoms with Gasteiger partial charge in [0.05, 0.1) is 0 Å². The Morgan fingerprint density at radius 2 is 2.19 bits per heavy atom. The van der Waals surface area contributed by atoms with Gasteiger partial charge in [0.25, 0.3) is 0 Å². The van der Waals surface area contributed by atoms with Crippen LogP contribution in [-0.2, 0) is 5.60 Å². The van der Waals surface area contributed by atoms with Crippen LogP contribution in [0.1, 0.15) is 19.7 Å². The summed E-state index contributed by atoms with van der Waals surface area (Å²) in [5.74, 6) is 1.41. The van der Waals surface area contributed by atoms with Crippen molar-refractivity contribution in [1.82, 2.24) is 20.2 Å². The smallest absolute Gasteiger partial charge is 0.199 e. The van der Waals surface area contributed by atoms with Gasteiger partial charge in [0.15, 0.2) is 11.4 Å². The largest absolute Gasteiger partial charge is 0.478 e.